The third kappa shape index (κ3) is 8.00. The smallest absolute Gasteiger partial charge is 0.325 e. The Kier molecular flexibility index (Phi) is 10.2. The lowest BCUT2D eigenvalue weighted by Gasteiger charge is -2.35. The number of fused-ring (bicyclic) bond motifs is 1. The van der Waals surface area contributed by atoms with Crippen molar-refractivity contribution in [1.29, 1.82) is 0 Å². The number of nitrogens with zero attached hydrogens (tertiary/aromatic N) is 6. The van der Waals surface area contributed by atoms with Crippen LogP contribution in [0.5, 0.6) is 0 Å². The third-order valence-corrected chi connectivity index (χ3v) is 8.72. The quantitative estimate of drug-likeness (QED) is 0.205. The fourth-order valence-electron chi connectivity index (χ4n) is 5.94. The number of aromatic nitrogens is 3. The number of Topliss-reactive ketones (excluding diaryl/α,β-unsaturated/α-hetero) is 1. The standard InChI is InChI=1S/C39H40N8O3/c1-25-16-18-31(43-37(49)29-13-8-10-27(3)42-33(35(48)15-9-14-29)20-28-11-6-5-7-12-28)21-34(25)47-24-30-22-41-38(45-36(30)46(4)39(47)50)44-32-19-17-26(2)40-23-32/h5-12,14,16-19,21-23,29,33H,13,15,20,24H2,1-4H3,(H,43,49)(H,41,44,45)/b10-8+,14-9+,42-27?/t29?,33-/m0/s1. The highest BCUT2D eigenvalue weighted by Gasteiger charge is 2.32. The van der Waals surface area contributed by atoms with Crippen LogP contribution in [0.1, 0.15) is 42.1 Å². The van der Waals surface area contributed by atoms with Crippen molar-refractivity contribution in [3.63, 3.8) is 0 Å². The number of hydrogen-bond donors (Lipinski definition) is 2. The van der Waals surface area contributed by atoms with E-state index in [2.05, 4.69) is 25.6 Å². The van der Waals surface area contributed by atoms with E-state index in [4.69, 9.17) is 4.99 Å². The summed E-state index contributed by atoms with van der Waals surface area (Å²) in [6, 6.07) is 18.4. The summed E-state index contributed by atoms with van der Waals surface area (Å²) in [7, 11) is 1.68. The maximum Gasteiger partial charge on any atom is 0.330 e. The van der Waals surface area contributed by atoms with E-state index in [1.165, 1.54) is 4.90 Å². The van der Waals surface area contributed by atoms with Crippen molar-refractivity contribution >= 4 is 52.3 Å². The molecule has 0 fully saturated rings. The van der Waals surface area contributed by atoms with E-state index in [0.29, 0.717) is 36.0 Å². The van der Waals surface area contributed by atoms with Gasteiger partial charge >= 0.3 is 6.03 Å². The maximum absolute atomic E-state index is 13.7. The zero-order valence-corrected chi connectivity index (χ0v) is 28.6. The van der Waals surface area contributed by atoms with Gasteiger partial charge in [-0.3, -0.25) is 29.4 Å². The Balaban J connectivity index is 1.16. The molecule has 2 aliphatic heterocycles. The van der Waals surface area contributed by atoms with Crippen molar-refractivity contribution in [2.24, 2.45) is 10.9 Å². The molecule has 0 aliphatic carbocycles. The van der Waals surface area contributed by atoms with Gasteiger partial charge in [-0.25, -0.2) is 9.78 Å². The molecule has 4 aromatic rings. The Labute approximate surface area is 291 Å². The Bertz CT molecular complexity index is 1990. The number of carbonyl (C=O) groups excluding carboxylic acids is 3. The zero-order chi connectivity index (χ0) is 35.2. The Morgan fingerprint density at radius 1 is 0.940 bits per heavy atom. The predicted molar refractivity (Wildman–Crippen MR) is 197 cm³/mol. The summed E-state index contributed by atoms with van der Waals surface area (Å²) in [5.41, 5.74) is 6.31. The molecule has 2 atom stereocenters. The Morgan fingerprint density at radius 2 is 1.74 bits per heavy atom. The highest BCUT2D eigenvalue weighted by atomic mass is 16.2. The molecule has 11 nitrogen and oxygen atoms in total. The van der Waals surface area contributed by atoms with Gasteiger partial charge in [0.05, 0.1) is 30.0 Å². The van der Waals surface area contributed by atoms with Crippen LogP contribution in [-0.4, -0.2) is 51.5 Å². The van der Waals surface area contributed by atoms with Gasteiger partial charge in [-0.2, -0.15) is 4.98 Å². The fraction of sp³-hybridized carbons (Fsp3) is 0.256. The number of urea groups is 1. The molecule has 3 amide bonds. The number of aliphatic imine (C=N–C) groups is 1. The minimum atomic E-state index is -0.507. The minimum Gasteiger partial charge on any atom is -0.325 e. The second-order valence-electron chi connectivity index (χ2n) is 12.6. The second kappa shape index (κ2) is 15.1. The molecular formula is C39H40N8O3. The number of pyridine rings is 1. The van der Waals surface area contributed by atoms with Crippen LogP contribution in [0.25, 0.3) is 0 Å². The molecule has 50 heavy (non-hydrogen) atoms. The molecule has 6 rings (SSSR count). The van der Waals surface area contributed by atoms with Crippen molar-refractivity contribution in [2.45, 2.75) is 52.6 Å². The monoisotopic (exact) mass is 668 g/mol. The predicted octanol–water partition coefficient (Wildman–Crippen LogP) is 6.91. The van der Waals surface area contributed by atoms with Gasteiger partial charge < -0.3 is 10.6 Å². The molecule has 0 saturated carbocycles. The molecule has 0 bridgehead atoms. The first-order chi connectivity index (χ1) is 24.1. The molecule has 0 spiro atoms. The number of ketones is 1. The summed E-state index contributed by atoms with van der Waals surface area (Å²) in [5, 5.41) is 6.18. The molecular weight excluding hydrogens is 628 g/mol. The number of nitrogens with one attached hydrogen (secondary N) is 2. The zero-order valence-electron chi connectivity index (χ0n) is 28.6. The van der Waals surface area contributed by atoms with Crippen LogP contribution in [0.2, 0.25) is 0 Å². The van der Waals surface area contributed by atoms with Crippen molar-refractivity contribution in [1.82, 2.24) is 15.0 Å². The summed E-state index contributed by atoms with van der Waals surface area (Å²) < 4.78 is 0. The summed E-state index contributed by atoms with van der Waals surface area (Å²) in [6.07, 6.45) is 11.9. The van der Waals surface area contributed by atoms with Gasteiger partial charge in [0, 0.05) is 48.7 Å². The number of amides is 3. The number of allylic oxidation sites excluding steroid dienone is 3. The summed E-state index contributed by atoms with van der Waals surface area (Å²) in [6.45, 7) is 5.97. The van der Waals surface area contributed by atoms with Gasteiger partial charge in [-0.05, 0) is 68.7 Å². The molecule has 2 aromatic carbocycles. The van der Waals surface area contributed by atoms with Gasteiger partial charge in [0.25, 0.3) is 0 Å². The van der Waals surface area contributed by atoms with E-state index >= 15 is 0 Å². The second-order valence-corrected chi connectivity index (χ2v) is 12.6. The number of hydrogen-bond acceptors (Lipinski definition) is 8. The van der Waals surface area contributed by atoms with Crippen LogP contribution >= 0.6 is 0 Å². The molecule has 0 radical (unpaired) electrons. The maximum atomic E-state index is 13.7. The lowest BCUT2D eigenvalue weighted by Crippen LogP contribution is -2.46. The van der Waals surface area contributed by atoms with E-state index in [9.17, 15) is 14.4 Å². The van der Waals surface area contributed by atoms with Gasteiger partial charge in [0.15, 0.2) is 5.78 Å². The molecule has 11 heteroatoms. The lowest BCUT2D eigenvalue weighted by atomic mass is 9.99. The fourth-order valence-corrected chi connectivity index (χ4v) is 5.94. The molecule has 1 unspecified atom stereocenters. The van der Waals surface area contributed by atoms with E-state index < -0.39 is 12.0 Å². The third-order valence-electron chi connectivity index (χ3n) is 8.72. The number of aryl methyl sites for hydroxylation is 2. The van der Waals surface area contributed by atoms with E-state index in [-0.39, 0.29) is 30.7 Å². The molecule has 2 N–H and O–H groups in total. The Morgan fingerprint density at radius 3 is 2.52 bits per heavy atom. The topological polar surface area (TPSA) is 133 Å². The van der Waals surface area contributed by atoms with Crippen molar-refractivity contribution < 1.29 is 14.4 Å². The van der Waals surface area contributed by atoms with Crippen molar-refractivity contribution in [3.05, 3.63) is 120 Å². The van der Waals surface area contributed by atoms with Gasteiger partial charge in [0.1, 0.15) is 11.9 Å². The van der Waals surface area contributed by atoms with Crippen LogP contribution in [-0.2, 0) is 22.6 Å². The minimum absolute atomic E-state index is 0.00119. The van der Waals surface area contributed by atoms with Crippen LogP contribution < -0.4 is 20.4 Å². The number of benzene rings is 2. The molecule has 2 aromatic heterocycles. The van der Waals surface area contributed by atoms with Gasteiger partial charge in [-0.15, -0.1) is 0 Å². The van der Waals surface area contributed by atoms with E-state index in [1.54, 1.807) is 36.5 Å². The first-order valence-electron chi connectivity index (χ1n) is 16.6. The van der Waals surface area contributed by atoms with Crippen molar-refractivity contribution in [2.75, 3.05) is 27.5 Å². The summed E-state index contributed by atoms with van der Waals surface area (Å²) in [4.78, 5) is 61.7. The average Bonchev–Trinajstić information content (AvgIpc) is 3.14. The normalized spacial score (nSPS) is 19.2. The first kappa shape index (κ1) is 33.9. The first-order valence-corrected chi connectivity index (χ1v) is 16.6. The number of anilines is 5. The molecule has 254 valence electrons. The van der Waals surface area contributed by atoms with Gasteiger partial charge in [0.2, 0.25) is 11.9 Å². The van der Waals surface area contributed by atoms with Crippen LogP contribution in [0.15, 0.2) is 102 Å². The molecule has 4 heterocycles. The van der Waals surface area contributed by atoms with E-state index in [0.717, 1.165) is 33.8 Å². The Hall–Kier alpha value is -5.97. The highest BCUT2D eigenvalue weighted by Crippen LogP contribution is 2.33. The summed E-state index contributed by atoms with van der Waals surface area (Å²) >= 11 is 0. The largest absolute Gasteiger partial charge is 0.330 e. The lowest BCUT2D eigenvalue weighted by molar-refractivity contribution is -0.120. The van der Waals surface area contributed by atoms with Crippen LogP contribution in [0.4, 0.5) is 33.6 Å². The number of carbonyl (C=O) groups is 3. The van der Waals surface area contributed by atoms with Crippen LogP contribution in [0, 0.1) is 19.8 Å². The van der Waals surface area contributed by atoms with Gasteiger partial charge in [-0.1, -0.05) is 54.6 Å². The van der Waals surface area contributed by atoms with Crippen LogP contribution in [0.3, 0.4) is 0 Å². The highest BCUT2D eigenvalue weighted by molar-refractivity contribution is 6.06. The molecule has 2 aliphatic rings. The SMILES string of the molecule is CC1=N[C@@H](Cc2ccccc2)C(=O)C/C=C/C(C(=O)Nc2ccc(C)c(N3Cc4cnc(Nc5ccc(C)nc5)nc4N(C)C3=O)c2)C/C=C/1. The molecule has 0 saturated heterocycles. The average molecular weight is 669 g/mol. The summed E-state index contributed by atoms with van der Waals surface area (Å²) in [5.74, 6) is 0.159. The van der Waals surface area contributed by atoms with E-state index in [1.807, 2.05) is 93.6 Å². The van der Waals surface area contributed by atoms with Crippen molar-refractivity contribution in [3.8, 4) is 0 Å². The number of rotatable bonds is 7.